The second-order valence-corrected chi connectivity index (χ2v) is 8.82. The van der Waals surface area contributed by atoms with Gasteiger partial charge in [-0.05, 0) is 48.4 Å². The molecule has 1 atom stereocenters. The van der Waals surface area contributed by atoms with Crippen molar-refractivity contribution in [3.05, 3.63) is 62.1 Å². The van der Waals surface area contributed by atoms with Crippen LogP contribution in [-0.4, -0.2) is 22.7 Å². The molecule has 0 unspecified atom stereocenters. The van der Waals surface area contributed by atoms with Crippen molar-refractivity contribution in [1.29, 1.82) is 0 Å². The first-order valence-corrected chi connectivity index (χ1v) is 10.8. The van der Waals surface area contributed by atoms with Crippen LogP contribution in [0.15, 0.2) is 44.9 Å². The molecule has 31 heavy (non-hydrogen) atoms. The number of fused-ring (bicyclic) bond motifs is 3. The van der Waals surface area contributed by atoms with Gasteiger partial charge in [0.05, 0.1) is 6.54 Å². The van der Waals surface area contributed by atoms with Crippen LogP contribution in [0.4, 0.5) is 10.5 Å². The number of amides is 4. The van der Waals surface area contributed by atoms with Crippen LogP contribution >= 0.6 is 11.3 Å². The first kappa shape index (κ1) is 19.5. The summed E-state index contributed by atoms with van der Waals surface area (Å²) in [6.45, 7) is 1.34. The molecular weight excluding hydrogens is 418 g/mol. The summed E-state index contributed by atoms with van der Waals surface area (Å²) in [5.74, 6) is -0.545. The highest BCUT2D eigenvalue weighted by atomic mass is 32.1. The fourth-order valence-electron chi connectivity index (χ4n) is 4.50. The number of nitrogens with one attached hydrogen (secondary N) is 2. The highest BCUT2D eigenvalue weighted by Gasteiger charge is 2.54. The third-order valence-electron chi connectivity index (χ3n) is 5.82. The van der Waals surface area contributed by atoms with E-state index >= 15 is 0 Å². The molecule has 3 aromatic rings. The summed E-state index contributed by atoms with van der Waals surface area (Å²) in [6, 6.07) is 7.66. The molecule has 5 rings (SSSR count). The van der Waals surface area contributed by atoms with Crippen molar-refractivity contribution in [2.45, 2.75) is 38.3 Å². The number of hydrogen-bond donors (Lipinski definition) is 2. The van der Waals surface area contributed by atoms with Gasteiger partial charge in [0.2, 0.25) is 5.91 Å². The van der Waals surface area contributed by atoms with Crippen molar-refractivity contribution in [3.63, 3.8) is 0 Å². The van der Waals surface area contributed by atoms with Crippen molar-refractivity contribution in [3.8, 4) is 0 Å². The van der Waals surface area contributed by atoms with Crippen molar-refractivity contribution >= 4 is 45.8 Å². The topological polar surface area (TPSA) is 109 Å². The molecule has 1 spiro atoms. The van der Waals surface area contributed by atoms with Crippen LogP contribution in [0.3, 0.4) is 0 Å². The van der Waals surface area contributed by atoms with Crippen molar-refractivity contribution in [2.75, 3.05) is 5.32 Å². The number of nitrogens with zero attached hydrogens (tertiary/aromatic N) is 1. The Labute approximate surface area is 180 Å². The molecule has 158 valence electrons. The van der Waals surface area contributed by atoms with Gasteiger partial charge in [-0.3, -0.25) is 14.5 Å². The zero-order valence-electron chi connectivity index (χ0n) is 16.7. The molecule has 4 amide bonds. The number of thiophene rings is 1. The van der Waals surface area contributed by atoms with E-state index in [0.717, 1.165) is 23.3 Å². The van der Waals surface area contributed by atoms with E-state index in [1.54, 1.807) is 29.5 Å². The molecule has 0 saturated carbocycles. The van der Waals surface area contributed by atoms with Crippen LogP contribution in [0.25, 0.3) is 11.0 Å². The normalized spacial score (nSPS) is 20.2. The van der Waals surface area contributed by atoms with E-state index in [9.17, 15) is 19.2 Å². The van der Waals surface area contributed by atoms with Gasteiger partial charge in [-0.2, -0.15) is 0 Å². The van der Waals surface area contributed by atoms with Crippen molar-refractivity contribution in [2.24, 2.45) is 0 Å². The number of benzene rings is 1. The Kier molecular flexibility index (Phi) is 4.44. The SMILES string of the molecule is CC(=O)Nc1ccc2c(CN3C(=O)N[C@]4(CCCc5sccc54)C3=O)cc(=O)oc2c1. The molecule has 1 aromatic carbocycles. The van der Waals surface area contributed by atoms with Crippen LogP contribution < -0.4 is 16.3 Å². The smallest absolute Gasteiger partial charge is 0.336 e. The number of hydrogen-bond acceptors (Lipinski definition) is 6. The predicted octanol–water partition coefficient (Wildman–Crippen LogP) is 3.10. The van der Waals surface area contributed by atoms with Gasteiger partial charge in [0.15, 0.2) is 0 Å². The predicted molar refractivity (Wildman–Crippen MR) is 115 cm³/mol. The molecule has 1 aliphatic carbocycles. The van der Waals surface area contributed by atoms with E-state index < -0.39 is 17.2 Å². The molecule has 2 aromatic heterocycles. The maximum absolute atomic E-state index is 13.5. The summed E-state index contributed by atoms with van der Waals surface area (Å²) in [7, 11) is 0. The van der Waals surface area contributed by atoms with Gasteiger partial charge >= 0.3 is 11.7 Å². The van der Waals surface area contributed by atoms with E-state index in [4.69, 9.17) is 4.42 Å². The largest absolute Gasteiger partial charge is 0.423 e. The van der Waals surface area contributed by atoms with Gasteiger partial charge in [-0.15, -0.1) is 11.3 Å². The summed E-state index contributed by atoms with van der Waals surface area (Å²) in [5.41, 5.74) is 0.514. The minimum Gasteiger partial charge on any atom is -0.423 e. The van der Waals surface area contributed by atoms with Gasteiger partial charge in [0.25, 0.3) is 5.91 Å². The van der Waals surface area contributed by atoms with Crippen molar-refractivity contribution in [1.82, 2.24) is 10.2 Å². The molecule has 1 fully saturated rings. The Morgan fingerprint density at radius 3 is 2.90 bits per heavy atom. The first-order chi connectivity index (χ1) is 14.9. The number of aryl methyl sites for hydroxylation is 1. The maximum atomic E-state index is 13.5. The summed E-state index contributed by atoms with van der Waals surface area (Å²) < 4.78 is 5.28. The Bertz CT molecular complexity index is 1310. The van der Waals surface area contributed by atoms with Gasteiger partial charge in [0, 0.05) is 40.6 Å². The number of rotatable bonds is 3. The monoisotopic (exact) mass is 437 g/mol. The lowest BCUT2D eigenvalue weighted by Gasteiger charge is -2.31. The van der Waals surface area contributed by atoms with Gasteiger partial charge in [-0.1, -0.05) is 0 Å². The Morgan fingerprint density at radius 1 is 1.26 bits per heavy atom. The highest BCUT2D eigenvalue weighted by molar-refractivity contribution is 7.10. The number of urea groups is 1. The van der Waals surface area contributed by atoms with Crippen LogP contribution in [0.2, 0.25) is 0 Å². The number of carbonyl (C=O) groups is 3. The molecule has 0 radical (unpaired) electrons. The highest BCUT2D eigenvalue weighted by Crippen LogP contribution is 2.42. The maximum Gasteiger partial charge on any atom is 0.336 e. The Morgan fingerprint density at radius 2 is 2.10 bits per heavy atom. The van der Waals surface area contributed by atoms with E-state index in [1.165, 1.54) is 17.9 Å². The standard InChI is InChI=1S/C22H19N3O5S/c1-12(26)23-14-4-5-15-13(9-19(27)30-17(15)10-14)11-25-20(28)22(24-21(25)29)7-2-3-18-16(22)6-8-31-18/h4-6,8-10H,2-3,7,11H2,1H3,(H,23,26)(H,24,29)/t22-/m0/s1. The number of imide groups is 1. The average Bonchev–Trinajstić information content (AvgIpc) is 3.28. The summed E-state index contributed by atoms with van der Waals surface area (Å²) >= 11 is 1.60. The van der Waals surface area contributed by atoms with Gasteiger partial charge in [-0.25, -0.2) is 9.59 Å². The first-order valence-electron chi connectivity index (χ1n) is 9.93. The molecule has 3 heterocycles. The second kappa shape index (κ2) is 7.05. The quantitative estimate of drug-likeness (QED) is 0.483. The van der Waals surface area contributed by atoms with E-state index in [-0.39, 0.29) is 23.9 Å². The number of anilines is 1. The Hall–Kier alpha value is -3.46. The zero-order chi connectivity index (χ0) is 21.8. The lowest BCUT2D eigenvalue weighted by molar-refractivity contribution is -0.132. The van der Waals surface area contributed by atoms with Gasteiger partial charge in [0.1, 0.15) is 11.1 Å². The van der Waals surface area contributed by atoms with Crippen LogP contribution in [0.1, 0.15) is 35.8 Å². The fraction of sp³-hybridized carbons (Fsp3) is 0.273. The van der Waals surface area contributed by atoms with Crippen LogP contribution in [-0.2, 0) is 28.1 Å². The lowest BCUT2D eigenvalue weighted by atomic mass is 9.80. The lowest BCUT2D eigenvalue weighted by Crippen LogP contribution is -2.46. The molecular formula is C22H19N3O5S. The molecule has 1 aliphatic heterocycles. The second-order valence-electron chi connectivity index (χ2n) is 7.82. The molecule has 8 nitrogen and oxygen atoms in total. The summed E-state index contributed by atoms with van der Waals surface area (Å²) in [5, 5.41) is 8.10. The number of carbonyl (C=O) groups excluding carboxylic acids is 3. The van der Waals surface area contributed by atoms with Crippen molar-refractivity contribution < 1.29 is 18.8 Å². The van der Waals surface area contributed by atoms with Crippen LogP contribution in [0, 0.1) is 0 Å². The minimum absolute atomic E-state index is 0.0481. The van der Waals surface area contributed by atoms with E-state index in [1.807, 2.05) is 11.4 Å². The zero-order valence-corrected chi connectivity index (χ0v) is 17.5. The molecule has 2 N–H and O–H groups in total. The van der Waals surface area contributed by atoms with E-state index in [0.29, 0.717) is 23.1 Å². The minimum atomic E-state index is -1.03. The van der Waals surface area contributed by atoms with Gasteiger partial charge < -0.3 is 15.1 Å². The molecule has 1 saturated heterocycles. The fourth-order valence-corrected chi connectivity index (χ4v) is 5.50. The summed E-state index contributed by atoms with van der Waals surface area (Å²) in [4.78, 5) is 52.0. The van der Waals surface area contributed by atoms with Crippen LogP contribution in [0.5, 0.6) is 0 Å². The summed E-state index contributed by atoms with van der Waals surface area (Å²) in [6.07, 6.45) is 2.27. The average molecular weight is 437 g/mol. The molecule has 0 bridgehead atoms. The molecule has 2 aliphatic rings. The van der Waals surface area contributed by atoms with E-state index in [2.05, 4.69) is 10.6 Å². The third kappa shape index (κ3) is 3.12. The third-order valence-corrected chi connectivity index (χ3v) is 6.80. The Balaban J connectivity index is 1.52. The molecule has 9 heteroatoms.